The number of hydrogen-bond donors (Lipinski definition) is 1. The van der Waals surface area contributed by atoms with Gasteiger partial charge in [0.1, 0.15) is 0 Å². The molecule has 1 N–H and O–H groups in total. The summed E-state index contributed by atoms with van der Waals surface area (Å²) in [5.41, 5.74) is 2.92. The Morgan fingerprint density at radius 1 is 1.16 bits per heavy atom. The molecule has 2 rings (SSSR count). The van der Waals surface area contributed by atoms with Gasteiger partial charge in [0, 0.05) is 11.8 Å². The molecule has 1 aliphatic rings. The van der Waals surface area contributed by atoms with E-state index in [9.17, 15) is 0 Å². The zero-order valence-electron chi connectivity index (χ0n) is 12.2. The summed E-state index contributed by atoms with van der Waals surface area (Å²) < 4.78 is 0. The fraction of sp³-hybridized carbons (Fsp3) is 0.647. The van der Waals surface area contributed by atoms with E-state index >= 15 is 0 Å². The molecule has 106 valence electrons. The first-order valence-electron chi connectivity index (χ1n) is 7.72. The van der Waals surface area contributed by atoms with Crippen molar-refractivity contribution in [3.63, 3.8) is 0 Å². The van der Waals surface area contributed by atoms with Crippen LogP contribution in [0.5, 0.6) is 0 Å². The highest BCUT2D eigenvalue weighted by atomic mass is 32.2. The summed E-state index contributed by atoms with van der Waals surface area (Å²) >= 11 is 2.07. The quantitative estimate of drug-likeness (QED) is 0.734. The van der Waals surface area contributed by atoms with Crippen LogP contribution in [-0.4, -0.2) is 18.3 Å². The molecule has 0 unspecified atom stereocenters. The molecule has 1 fully saturated rings. The van der Waals surface area contributed by atoms with Crippen LogP contribution in [-0.2, 0) is 5.75 Å². The molecular weight excluding hydrogens is 250 g/mol. The predicted molar refractivity (Wildman–Crippen MR) is 86.8 cm³/mol. The Labute approximate surface area is 122 Å². The van der Waals surface area contributed by atoms with Crippen molar-refractivity contribution < 1.29 is 0 Å². The van der Waals surface area contributed by atoms with Crippen LogP contribution in [0.3, 0.4) is 0 Å². The molecule has 0 saturated heterocycles. The normalized spacial score (nSPS) is 16.7. The second kappa shape index (κ2) is 8.65. The number of thioether (sulfide) groups is 1. The molecule has 1 aromatic carbocycles. The second-order valence-corrected chi connectivity index (χ2v) is 6.73. The minimum Gasteiger partial charge on any atom is -0.314 e. The van der Waals surface area contributed by atoms with Crippen molar-refractivity contribution in [2.75, 3.05) is 12.3 Å². The van der Waals surface area contributed by atoms with E-state index in [2.05, 4.69) is 48.3 Å². The molecule has 0 spiro atoms. The van der Waals surface area contributed by atoms with Gasteiger partial charge in [-0.3, -0.25) is 0 Å². The van der Waals surface area contributed by atoms with E-state index in [1.54, 1.807) is 0 Å². The zero-order valence-corrected chi connectivity index (χ0v) is 13.0. The lowest BCUT2D eigenvalue weighted by Crippen LogP contribution is -2.31. The molecule has 1 aromatic rings. The van der Waals surface area contributed by atoms with Crippen molar-refractivity contribution in [3.05, 3.63) is 35.4 Å². The van der Waals surface area contributed by atoms with Crippen LogP contribution in [0, 0.1) is 6.92 Å². The van der Waals surface area contributed by atoms with Crippen molar-refractivity contribution in [2.45, 2.75) is 57.2 Å². The van der Waals surface area contributed by atoms with Crippen molar-refractivity contribution in [3.8, 4) is 0 Å². The van der Waals surface area contributed by atoms with Crippen molar-refractivity contribution in [1.82, 2.24) is 5.32 Å². The van der Waals surface area contributed by atoms with Crippen molar-refractivity contribution >= 4 is 11.8 Å². The van der Waals surface area contributed by atoms with Gasteiger partial charge in [-0.25, -0.2) is 0 Å². The van der Waals surface area contributed by atoms with Gasteiger partial charge in [-0.15, -0.1) is 0 Å². The topological polar surface area (TPSA) is 12.0 Å². The Kier molecular flexibility index (Phi) is 6.80. The molecule has 19 heavy (non-hydrogen) atoms. The molecule has 0 aliphatic heterocycles. The Morgan fingerprint density at radius 2 is 1.95 bits per heavy atom. The average molecular weight is 277 g/mol. The molecule has 2 heteroatoms. The van der Waals surface area contributed by atoms with Crippen LogP contribution < -0.4 is 5.32 Å². The van der Waals surface area contributed by atoms with Gasteiger partial charge in [0.25, 0.3) is 0 Å². The maximum Gasteiger partial charge on any atom is 0.0187 e. The van der Waals surface area contributed by atoms with E-state index in [0.717, 1.165) is 11.8 Å². The van der Waals surface area contributed by atoms with Crippen LogP contribution in [0.25, 0.3) is 0 Å². The van der Waals surface area contributed by atoms with Gasteiger partial charge in [0.2, 0.25) is 0 Å². The second-order valence-electron chi connectivity index (χ2n) is 5.62. The summed E-state index contributed by atoms with van der Waals surface area (Å²) in [6.45, 7) is 3.41. The largest absolute Gasteiger partial charge is 0.314 e. The minimum absolute atomic E-state index is 0.815. The van der Waals surface area contributed by atoms with Crippen LogP contribution in [0.1, 0.15) is 49.7 Å². The standard InChI is InChI=1S/C17H27NS/c1-15-8-5-6-9-16(15)14-19-13-7-12-18-17-10-3-2-4-11-17/h5-6,8-9,17-18H,2-4,7,10-14H2,1H3. The third kappa shape index (κ3) is 5.58. The predicted octanol–water partition coefficient (Wildman–Crippen LogP) is 4.54. The molecule has 1 saturated carbocycles. The molecular formula is C17H27NS. The minimum atomic E-state index is 0.815. The summed E-state index contributed by atoms with van der Waals surface area (Å²) in [5.74, 6) is 2.43. The summed E-state index contributed by atoms with van der Waals surface area (Å²) in [6.07, 6.45) is 8.41. The number of aryl methyl sites for hydroxylation is 1. The van der Waals surface area contributed by atoms with E-state index in [1.807, 2.05) is 0 Å². The van der Waals surface area contributed by atoms with Gasteiger partial charge >= 0.3 is 0 Å². The summed E-state index contributed by atoms with van der Waals surface area (Å²) in [5, 5.41) is 3.72. The smallest absolute Gasteiger partial charge is 0.0187 e. The summed E-state index contributed by atoms with van der Waals surface area (Å²) in [7, 11) is 0. The number of nitrogens with one attached hydrogen (secondary N) is 1. The van der Waals surface area contributed by atoms with Gasteiger partial charge in [-0.05, 0) is 49.6 Å². The number of benzene rings is 1. The van der Waals surface area contributed by atoms with Crippen LogP contribution in [0.2, 0.25) is 0 Å². The molecule has 0 radical (unpaired) electrons. The lowest BCUT2D eigenvalue weighted by molar-refractivity contribution is 0.375. The first-order valence-corrected chi connectivity index (χ1v) is 8.87. The van der Waals surface area contributed by atoms with E-state index < -0.39 is 0 Å². The van der Waals surface area contributed by atoms with E-state index in [-0.39, 0.29) is 0 Å². The molecule has 1 nitrogen and oxygen atoms in total. The Balaban J connectivity index is 1.51. The lowest BCUT2D eigenvalue weighted by Gasteiger charge is -2.22. The van der Waals surface area contributed by atoms with E-state index in [4.69, 9.17) is 0 Å². The van der Waals surface area contributed by atoms with Gasteiger partial charge in [0.05, 0.1) is 0 Å². The van der Waals surface area contributed by atoms with Gasteiger partial charge in [0.15, 0.2) is 0 Å². The highest BCUT2D eigenvalue weighted by Crippen LogP contribution is 2.18. The van der Waals surface area contributed by atoms with Gasteiger partial charge in [-0.2, -0.15) is 11.8 Å². The third-order valence-corrected chi connectivity index (χ3v) is 5.11. The molecule has 0 amide bonds. The Bertz CT molecular complexity index is 358. The Hall–Kier alpha value is -0.470. The van der Waals surface area contributed by atoms with Crippen molar-refractivity contribution in [2.24, 2.45) is 0 Å². The first-order chi connectivity index (χ1) is 9.36. The molecule has 0 heterocycles. The molecule has 1 aliphatic carbocycles. The summed E-state index contributed by atoms with van der Waals surface area (Å²) in [4.78, 5) is 0. The monoisotopic (exact) mass is 277 g/mol. The fourth-order valence-corrected chi connectivity index (χ4v) is 3.78. The SMILES string of the molecule is Cc1ccccc1CSCCCNC1CCCCC1. The fourth-order valence-electron chi connectivity index (χ4n) is 2.74. The van der Waals surface area contributed by atoms with E-state index in [0.29, 0.717) is 0 Å². The Morgan fingerprint density at radius 3 is 2.74 bits per heavy atom. The first kappa shape index (κ1) is 14.9. The highest BCUT2D eigenvalue weighted by Gasteiger charge is 2.11. The lowest BCUT2D eigenvalue weighted by atomic mass is 9.95. The maximum atomic E-state index is 3.72. The highest BCUT2D eigenvalue weighted by molar-refractivity contribution is 7.98. The zero-order chi connectivity index (χ0) is 13.3. The molecule has 0 bridgehead atoms. The van der Waals surface area contributed by atoms with Gasteiger partial charge in [-0.1, -0.05) is 43.5 Å². The van der Waals surface area contributed by atoms with Gasteiger partial charge < -0.3 is 5.32 Å². The third-order valence-electron chi connectivity index (χ3n) is 4.02. The van der Waals surface area contributed by atoms with E-state index in [1.165, 1.54) is 61.9 Å². The van der Waals surface area contributed by atoms with Crippen LogP contribution in [0.15, 0.2) is 24.3 Å². The number of rotatable bonds is 7. The van der Waals surface area contributed by atoms with Crippen LogP contribution in [0.4, 0.5) is 0 Å². The van der Waals surface area contributed by atoms with Crippen molar-refractivity contribution in [1.29, 1.82) is 0 Å². The molecule has 0 atom stereocenters. The average Bonchev–Trinajstić information content (AvgIpc) is 2.45. The number of hydrogen-bond acceptors (Lipinski definition) is 2. The summed E-state index contributed by atoms with van der Waals surface area (Å²) in [6, 6.07) is 9.55. The molecule has 0 aromatic heterocycles. The maximum absolute atomic E-state index is 3.72. The van der Waals surface area contributed by atoms with Crippen LogP contribution >= 0.6 is 11.8 Å².